The van der Waals surface area contributed by atoms with Gasteiger partial charge in [0.15, 0.2) is 0 Å². The summed E-state index contributed by atoms with van der Waals surface area (Å²) in [5.41, 5.74) is 5.00. The van der Waals surface area contributed by atoms with E-state index in [4.69, 9.17) is 5.73 Å². The smallest absolute Gasteiger partial charge is 0.393 e. The predicted octanol–water partition coefficient (Wildman–Crippen LogP) is 2.79. The van der Waals surface area contributed by atoms with Crippen LogP contribution in [-0.2, 0) is 6.18 Å². The average Bonchev–Trinajstić information content (AvgIpc) is 2.16. The van der Waals surface area contributed by atoms with Gasteiger partial charge in [0, 0.05) is 18.7 Å². The molecule has 2 nitrogen and oxygen atoms in total. The van der Waals surface area contributed by atoms with E-state index in [0.29, 0.717) is 23.6 Å². The van der Waals surface area contributed by atoms with Gasteiger partial charge in [-0.3, -0.25) is 0 Å². The Morgan fingerprint density at radius 1 is 1.38 bits per heavy atom. The SMILES string of the molecule is NC(=S)CCNc1cccc(C(F)(F)F)c1. The number of rotatable bonds is 4. The molecule has 0 aromatic heterocycles. The van der Waals surface area contributed by atoms with Crippen molar-refractivity contribution in [2.24, 2.45) is 5.73 Å². The lowest BCUT2D eigenvalue weighted by Crippen LogP contribution is -2.14. The molecule has 0 aliphatic carbocycles. The Labute approximate surface area is 96.6 Å². The number of benzene rings is 1. The van der Waals surface area contributed by atoms with Crippen molar-refractivity contribution in [3.05, 3.63) is 29.8 Å². The van der Waals surface area contributed by atoms with Crippen molar-refractivity contribution >= 4 is 22.9 Å². The monoisotopic (exact) mass is 248 g/mol. The van der Waals surface area contributed by atoms with Gasteiger partial charge in [0.05, 0.1) is 10.6 Å². The standard InChI is InChI=1S/C10H11F3N2S/c11-10(12,13)7-2-1-3-8(6-7)15-5-4-9(14)16/h1-3,6,15H,4-5H2,(H2,14,16). The Kier molecular flexibility index (Phi) is 4.12. The van der Waals surface area contributed by atoms with Crippen molar-refractivity contribution in [3.63, 3.8) is 0 Å². The summed E-state index contributed by atoms with van der Waals surface area (Å²) in [5, 5.41) is 2.82. The molecule has 0 heterocycles. The molecular weight excluding hydrogens is 237 g/mol. The summed E-state index contributed by atoms with van der Waals surface area (Å²) < 4.78 is 37.0. The van der Waals surface area contributed by atoms with E-state index in [-0.39, 0.29) is 0 Å². The molecule has 1 aromatic rings. The van der Waals surface area contributed by atoms with E-state index in [1.807, 2.05) is 0 Å². The highest BCUT2D eigenvalue weighted by Crippen LogP contribution is 2.30. The Bertz CT molecular complexity index is 377. The van der Waals surface area contributed by atoms with Crippen LogP contribution < -0.4 is 11.1 Å². The second-order valence-corrected chi connectivity index (χ2v) is 3.75. The van der Waals surface area contributed by atoms with E-state index in [1.165, 1.54) is 6.07 Å². The van der Waals surface area contributed by atoms with E-state index in [2.05, 4.69) is 17.5 Å². The van der Waals surface area contributed by atoms with Crippen LogP contribution in [0.3, 0.4) is 0 Å². The lowest BCUT2D eigenvalue weighted by Gasteiger charge is -2.10. The molecule has 0 saturated carbocycles. The topological polar surface area (TPSA) is 38.0 Å². The molecule has 88 valence electrons. The van der Waals surface area contributed by atoms with Crippen molar-refractivity contribution < 1.29 is 13.2 Å². The van der Waals surface area contributed by atoms with Gasteiger partial charge in [-0.15, -0.1) is 0 Å². The Morgan fingerprint density at radius 3 is 2.62 bits per heavy atom. The summed E-state index contributed by atoms with van der Waals surface area (Å²) in [6.07, 6.45) is -3.87. The summed E-state index contributed by atoms with van der Waals surface area (Å²) in [5.74, 6) is 0. The summed E-state index contributed by atoms with van der Waals surface area (Å²) in [4.78, 5) is 0.333. The molecule has 0 spiro atoms. The first-order chi connectivity index (χ1) is 7.39. The summed E-state index contributed by atoms with van der Waals surface area (Å²) in [6.45, 7) is 0.427. The maximum atomic E-state index is 12.3. The van der Waals surface area contributed by atoms with Crippen molar-refractivity contribution in [2.75, 3.05) is 11.9 Å². The number of nitrogens with one attached hydrogen (secondary N) is 1. The van der Waals surface area contributed by atoms with Crippen LogP contribution >= 0.6 is 12.2 Å². The molecule has 1 rings (SSSR count). The predicted molar refractivity (Wildman–Crippen MR) is 61.3 cm³/mol. The Morgan fingerprint density at radius 2 is 2.06 bits per heavy atom. The van der Waals surface area contributed by atoms with Crippen LogP contribution in [-0.4, -0.2) is 11.5 Å². The molecule has 0 unspecified atom stereocenters. The van der Waals surface area contributed by atoms with Gasteiger partial charge in [0.1, 0.15) is 0 Å². The van der Waals surface area contributed by atoms with Crippen LogP contribution in [0.4, 0.5) is 18.9 Å². The minimum atomic E-state index is -4.32. The zero-order valence-electron chi connectivity index (χ0n) is 8.34. The van der Waals surface area contributed by atoms with Crippen LogP contribution in [0, 0.1) is 0 Å². The largest absolute Gasteiger partial charge is 0.416 e. The van der Waals surface area contributed by atoms with E-state index in [9.17, 15) is 13.2 Å². The third-order valence-electron chi connectivity index (χ3n) is 1.89. The van der Waals surface area contributed by atoms with Gasteiger partial charge >= 0.3 is 6.18 Å². The minimum Gasteiger partial charge on any atom is -0.393 e. The summed E-state index contributed by atoms with van der Waals surface area (Å²) in [6, 6.07) is 5.00. The molecule has 0 bridgehead atoms. The third kappa shape index (κ3) is 4.06. The van der Waals surface area contributed by atoms with Gasteiger partial charge < -0.3 is 11.1 Å². The van der Waals surface area contributed by atoms with Gasteiger partial charge in [0.25, 0.3) is 0 Å². The van der Waals surface area contributed by atoms with E-state index >= 15 is 0 Å². The fourth-order valence-electron chi connectivity index (χ4n) is 1.14. The fourth-order valence-corrected chi connectivity index (χ4v) is 1.24. The first kappa shape index (κ1) is 12.8. The number of halogens is 3. The number of anilines is 1. The fraction of sp³-hybridized carbons (Fsp3) is 0.300. The van der Waals surface area contributed by atoms with Crippen molar-refractivity contribution in [1.82, 2.24) is 0 Å². The van der Waals surface area contributed by atoms with Crippen molar-refractivity contribution in [1.29, 1.82) is 0 Å². The Hall–Kier alpha value is -1.30. The lowest BCUT2D eigenvalue weighted by atomic mass is 10.2. The molecular formula is C10H11F3N2S. The van der Waals surface area contributed by atoms with Gasteiger partial charge in [-0.25, -0.2) is 0 Å². The molecule has 0 aliphatic heterocycles. The highest BCUT2D eigenvalue weighted by Gasteiger charge is 2.30. The summed E-state index contributed by atoms with van der Waals surface area (Å²) >= 11 is 4.65. The maximum Gasteiger partial charge on any atom is 0.416 e. The molecule has 0 fully saturated rings. The molecule has 6 heteroatoms. The van der Waals surface area contributed by atoms with E-state index < -0.39 is 11.7 Å². The quantitative estimate of drug-likeness (QED) is 0.805. The number of nitrogens with two attached hydrogens (primary N) is 1. The molecule has 0 aliphatic rings. The van der Waals surface area contributed by atoms with Crippen LogP contribution in [0.5, 0.6) is 0 Å². The number of thiocarbonyl (C=S) groups is 1. The highest BCUT2D eigenvalue weighted by molar-refractivity contribution is 7.80. The van der Waals surface area contributed by atoms with E-state index in [0.717, 1.165) is 12.1 Å². The van der Waals surface area contributed by atoms with Crippen LogP contribution in [0.2, 0.25) is 0 Å². The van der Waals surface area contributed by atoms with Crippen LogP contribution in [0.1, 0.15) is 12.0 Å². The van der Waals surface area contributed by atoms with Crippen molar-refractivity contribution in [3.8, 4) is 0 Å². The molecule has 0 saturated heterocycles. The maximum absolute atomic E-state index is 12.3. The summed E-state index contributed by atoms with van der Waals surface area (Å²) in [7, 11) is 0. The number of hydrogen-bond donors (Lipinski definition) is 2. The Balaban J connectivity index is 2.64. The second-order valence-electron chi connectivity index (χ2n) is 3.22. The molecule has 16 heavy (non-hydrogen) atoms. The average molecular weight is 248 g/mol. The lowest BCUT2D eigenvalue weighted by molar-refractivity contribution is -0.137. The molecule has 3 N–H and O–H groups in total. The van der Waals surface area contributed by atoms with Gasteiger partial charge in [-0.2, -0.15) is 13.2 Å². The zero-order valence-corrected chi connectivity index (χ0v) is 9.16. The highest BCUT2D eigenvalue weighted by atomic mass is 32.1. The minimum absolute atomic E-state index is 0.333. The van der Waals surface area contributed by atoms with Gasteiger partial charge in [-0.05, 0) is 18.2 Å². The first-order valence-corrected chi connectivity index (χ1v) is 5.00. The molecule has 0 atom stereocenters. The first-order valence-electron chi connectivity index (χ1n) is 4.59. The van der Waals surface area contributed by atoms with Gasteiger partial charge in [0.2, 0.25) is 0 Å². The van der Waals surface area contributed by atoms with E-state index in [1.54, 1.807) is 6.07 Å². The van der Waals surface area contributed by atoms with Crippen molar-refractivity contribution in [2.45, 2.75) is 12.6 Å². The second kappa shape index (κ2) is 5.16. The molecule has 1 aromatic carbocycles. The molecule has 0 radical (unpaired) electrons. The number of hydrogen-bond acceptors (Lipinski definition) is 2. The normalized spacial score (nSPS) is 11.2. The third-order valence-corrected chi connectivity index (χ3v) is 2.09. The van der Waals surface area contributed by atoms with Crippen LogP contribution in [0.15, 0.2) is 24.3 Å². The number of alkyl halides is 3. The zero-order chi connectivity index (χ0) is 12.2. The van der Waals surface area contributed by atoms with Gasteiger partial charge in [-0.1, -0.05) is 18.3 Å². The van der Waals surface area contributed by atoms with Crippen LogP contribution in [0.25, 0.3) is 0 Å². The molecule has 0 amide bonds.